The van der Waals surface area contributed by atoms with Gasteiger partial charge in [0.15, 0.2) is 6.61 Å². The third-order valence-corrected chi connectivity index (χ3v) is 5.56. The summed E-state index contributed by atoms with van der Waals surface area (Å²) in [4.78, 5) is 33.8. The number of carbonyl (C=O) groups is 2. The van der Waals surface area contributed by atoms with Crippen LogP contribution in [0.15, 0.2) is 77.7 Å². The number of benzene rings is 3. The van der Waals surface area contributed by atoms with Crippen LogP contribution < -0.4 is 19.8 Å². The SMILES string of the molecule is Cc1cccc(OCC(=O)NNC(=O)c2ccc(OS(=O)(=O)c3cccc([N+](=O)[O-])c3)cc2)c1. The van der Waals surface area contributed by atoms with Gasteiger partial charge in [-0.2, -0.15) is 8.42 Å². The molecule has 2 N–H and O–H groups in total. The summed E-state index contributed by atoms with van der Waals surface area (Å²) in [7, 11) is -4.33. The first kappa shape index (κ1) is 24.2. The first-order valence-electron chi connectivity index (χ1n) is 9.72. The van der Waals surface area contributed by atoms with Crippen LogP contribution in [-0.4, -0.2) is 31.8 Å². The zero-order valence-electron chi connectivity index (χ0n) is 17.8. The lowest BCUT2D eigenvalue weighted by Crippen LogP contribution is -2.43. The van der Waals surface area contributed by atoms with E-state index < -0.39 is 32.5 Å². The Morgan fingerprint density at radius 3 is 2.32 bits per heavy atom. The van der Waals surface area contributed by atoms with E-state index >= 15 is 0 Å². The average molecular weight is 485 g/mol. The molecule has 0 aliphatic carbocycles. The number of hydrazine groups is 1. The maximum absolute atomic E-state index is 12.4. The fourth-order valence-electron chi connectivity index (χ4n) is 2.68. The quantitative estimate of drug-likeness (QED) is 0.280. The van der Waals surface area contributed by atoms with Crippen molar-refractivity contribution in [3.05, 3.63) is 94.0 Å². The molecule has 2 amide bonds. The van der Waals surface area contributed by atoms with Crippen LogP contribution in [0.1, 0.15) is 15.9 Å². The van der Waals surface area contributed by atoms with Crippen LogP contribution >= 0.6 is 0 Å². The summed E-state index contributed by atoms with van der Waals surface area (Å²) in [6.45, 7) is 1.57. The van der Waals surface area contributed by atoms with Gasteiger partial charge in [0.25, 0.3) is 17.5 Å². The number of ether oxygens (including phenoxy) is 1. The van der Waals surface area contributed by atoms with Crippen molar-refractivity contribution in [1.29, 1.82) is 0 Å². The predicted octanol–water partition coefficient (Wildman–Crippen LogP) is 2.51. The first-order chi connectivity index (χ1) is 16.1. The van der Waals surface area contributed by atoms with Crippen LogP contribution in [-0.2, 0) is 14.9 Å². The minimum atomic E-state index is -4.33. The van der Waals surface area contributed by atoms with Crippen LogP contribution in [0.4, 0.5) is 5.69 Å². The molecule has 0 saturated carbocycles. The van der Waals surface area contributed by atoms with Gasteiger partial charge in [0.2, 0.25) is 0 Å². The number of nitro groups is 1. The van der Waals surface area contributed by atoms with E-state index in [4.69, 9.17) is 8.92 Å². The number of amides is 2. The maximum atomic E-state index is 12.4. The number of aryl methyl sites for hydroxylation is 1. The molecule has 176 valence electrons. The molecule has 0 atom stereocenters. The monoisotopic (exact) mass is 485 g/mol. The lowest BCUT2D eigenvalue weighted by atomic mass is 10.2. The number of non-ortho nitro benzene ring substituents is 1. The van der Waals surface area contributed by atoms with Crippen molar-refractivity contribution in [2.75, 3.05) is 6.61 Å². The Kier molecular flexibility index (Phi) is 7.43. The van der Waals surface area contributed by atoms with E-state index in [0.717, 1.165) is 23.8 Å². The second-order valence-corrected chi connectivity index (χ2v) is 8.47. The lowest BCUT2D eigenvalue weighted by Gasteiger charge is -2.10. The Bertz CT molecular complexity index is 1320. The normalized spacial score (nSPS) is 10.7. The Morgan fingerprint density at radius 1 is 0.941 bits per heavy atom. The predicted molar refractivity (Wildman–Crippen MR) is 120 cm³/mol. The third kappa shape index (κ3) is 6.53. The van der Waals surface area contributed by atoms with Crippen molar-refractivity contribution >= 4 is 27.6 Å². The van der Waals surface area contributed by atoms with E-state index in [1.807, 2.05) is 13.0 Å². The average Bonchev–Trinajstić information content (AvgIpc) is 2.81. The molecule has 12 heteroatoms. The summed E-state index contributed by atoms with van der Waals surface area (Å²) in [6, 6.07) is 16.6. The molecule has 11 nitrogen and oxygen atoms in total. The Labute approximate surface area is 194 Å². The highest BCUT2D eigenvalue weighted by atomic mass is 32.2. The van der Waals surface area contributed by atoms with Gasteiger partial charge in [-0.15, -0.1) is 0 Å². The van der Waals surface area contributed by atoms with Crippen molar-refractivity contribution in [2.24, 2.45) is 0 Å². The van der Waals surface area contributed by atoms with E-state index in [-0.39, 0.29) is 22.8 Å². The third-order valence-electron chi connectivity index (χ3n) is 4.31. The van der Waals surface area contributed by atoms with Gasteiger partial charge in [0.05, 0.1) is 4.92 Å². The van der Waals surface area contributed by atoms with E-state index in [1.54, 1.807) is 18.2 Å². The smallest absolute Gasteiger partial charge is 0.339 e. The molecule has 3 rings (SSSR count). The number of nitrogens with zero attached hydrogens (tertiary/aromatic N) is 1. The second kappa shape index (κ2) is 10.4. The molecule has 3 aromatic rings. The molecule has 0 heterocycles. The number of nitrogens with one attached hydrogen (secondary N) is 2. The largest absolute Gasteiger partial charge is 0.484 e. The molecule has 0 unspecified atom stereocenters. The summed E-state index contributed by atoms with van der Waals surface area (Å²) in [5.41, 5.74) is 5.10. The summed E-state index contributed by atoms with van der Waals surface area (Å²) >= 11 is 0. The zero-order valence-corrected chi connectivity index (χ0v) is 18.6. The van der Waals surface area contributed by atoms with Crippen LogP contribution in [0.3, 0.4) is 0 Å². The number of hydrogen-bond donors (Lipinski definition) is 2. The maximum Gasteiger partial charge on any atom is 0.339 e. The second-order valence-electron chi connectivity index (χ2n) is 6.92. The topological polar surface area (TPSA) is 154 Å². The van der Waals surface area contributed by atoms with Gasteiger partial charge in [-0.1, -0.05) is 18.2 Å². The lowest BCUT2D eigenvalue weighted by molar-refractivity contribution is -0.385. The standard InChI is InChI=1S/C22H19N3O8S/c1-15-4-2-6-19(12-15)32-14-21(26)23-24-22(27)16-8-10-18(11-9-16)33-34(30,31)20-7-3-5-17(13-20)25(28)29/h2-13H,14H2,1H3,(H,23,26)(H,24,27). The van der Waals surface area contributed by atoms with Crippen molar-refractivity contribution in [3.8, 4) is 11.5 Å². The molecule has 0 radical (unpaired) electrons. The van der Waals surface area contributed by atoms with Crippen LogP contribution in [0.5, 0.6) is 11.5 Å². The molecular formula is C22H19N3O8S. The minimum absolute atomic E-state index is 0.111. The summed E-state index contributed by atoms with van der Waals surface area (Å²) in [6.07, 6.45) is 0. The first-order valence-corrected chi connectivity index (χ1v) is 11.1. The molecule has 0 spiro atoms. The van der Waals surface area contributed by atoms with Crippen molar-refractivity contribution in [2.45, 2.75) is 11.8 Å². The number of carbonyl (C=O) groups excluding carboxylic acids is 2. The number of hydrogen-bond acceptors (Lipinski definition) is 8. The van der Waals surface area contributed by atoms with Gasteiger partial charge in [0.1, 0.15) is 16.4 Å². The summed E-state index contributed by atoms with van der Waals surface area (Å²) in [5, 5.41) is 10.8. The molecule has 0 bridgehead atoms. The van der Waals surface area contributed by atoms with Gasteiger partial charge in [-0.05, 0) is 55.0 Å². The van der Waals surface area contributed by atoms with Crippen molar-refractivity contribution in [3.63, 3.8) is 0 Å². The van der Waals surface area contributed by atoms with Crippen molar-refractivity contribution < 1.29 is 31.9 Å². The van der Waals surface area contributed by atoms with E-state index in [2.05, 4.69) is 10.9 Å². The molecular weight excluding hydrogens is 466 g/mol. The molecule has 0 aliphatic rings. The van der Waals surface area contributed by atoms with Crippen LogP contribution in [0.25, 0.3) is 0 Å². The van der Waals surface area contributed by atoms with Gasteiger partial charge < -0.3 is 8.92 Å². The molecule has 0 saturated heterocycles. The van der Waals surface area contributed by atoms with Crippen LogP contribution in [0, 0.1) is 17.0 Å². The summed E-state index contributed by atoms with van der Waals surface area (Å²) in [5.74, 6) is -0.842. The van der Waals surface area contributed by atoms with E-state index in [9.17, 15) is 28.1 Å². The highest BCUT2D eigenvalue weighted by Crippen LogP contribution is 2.22. The summed E-state index contributed by atoms with van der Waals surface area (Å²) < 4.78 is 35.0. The Hall–Kier alpha value is -4.45. The van der Waals surface area contributed by atoms with Gasteiger partial charge >= 0.3 is 10.1 Å². The molecule has 0 fully saturated rings. The highest BCUT2D eigenvalue weighted by molar-refractivity contribution is 7.87. The fraction of sp³-hybridized carbons (Fsp3) is 0.0909. The molecule has 0 aromatic heterocycles. The van der Waals surface area contributed by atoms with Crippen LogP contribution in [0.2, 0.25) is 0 Å². The van der Waals surface area contributed by atoms with E-state index in [0.29, 0.717) is 5.75 Å². The number of rotatable bonds is 8. The van der Waals surface area contributed by atoms with Gasteiger partial charge in [-0.3, -0.25) is 30.6 Å². The van der Waals surface area contributed by atoms with Gasteiger partial charge in [0, 0.05) is 17.7 Å². The molecule has 34 heavy (non-hydrogen) atoms. The van der Waals surface area contributed by atoms with Crippen molar-refractivity contribution in [1.82, 2.24) is 10.9 Å². The molecule has 3 aromatic carbocycles. The van der Waals surface area contributed by atoms with E-state index in [1.165, 1.54) is 30.3 Å². The molecule has 0 aliphatic heterocycles. The highest BCUT2D eigenvalue weighted by Gasteiger charge is 2.20. The minimum Gasteiger partial charge on any atom is -0.484 e. The Balaban J connectivity index is 1.54. The van der Waals surface area contributed by atoms with Gasteiger partial charge in [-0.25, -0.2) is 0 Å². The number of nitro benzene ring substituents is 1. The fourth-order valence-corrected chi connectivity index (χ4v) is 3.65. The Morgan fingerprint density at radius 2 is 1.65 bits per heavy atom. The zero-order chi connectivity index (χ0) is 24.7.